The van der Waals surface area contributed by atoms with Gasteiger partial charge < -0.3 is 21.4 Å². The number of nitrogens with one attached hydrogen (secondary N) is 3. The van der Waals surface area contributed by atoms with Crippen molar-refractivity contribution in [2.45, 2.75) is 69.5 Å². The summed E-state index contributed by atoms with van der Waals surface area (Å²) < 4.78 is 0. The second-order valence-corrected chi connectivity index (χ2v) is 9.87. The predicted octanol–water partition coefficient (Wildman–Crippen LogP) is 5.06. The first-order valence-electron chi connectivity index (χ1n) is 12.0. The smallest absolute Gasteiger partial charge is 0.223 e. The van der Waals surface area contributed by atoms with E-state index in [1.165, 1.54) is 0 Å². The van der Waals surface area contributed by atoms with Crippen LogP contribution < -0.4 is 16.4 Å². The predicted molar refractivity (Wildman–Crippen MR) is 139 cm³/mol. The average Bonchev–Trinajstić information content (AvgIpc) is 3.25. The van der Waals surface area contributed by atoms with Crippen molar-refractivity contribution in [2.24, 2.45) is 11.7 Å². The number of aromatic amines is 1. The minimum absolute atomic E-state index is 0. The average molecular weight is 503 g/mol. The monoisotopic (exact) mass is 502 g/mol. The Morgan fingerprint density at radius 2 is 1.85 bits per heavy atom. The molecule has 5 N–H and O–H groups in total. The van der Waals surface area contributed by atoms with Gasteiger partial charge in [-0.05, 0) is 57.4 Å². The lowest BCUT2D eigenvalue weighted by molar-refractivity contribution is -0.126. The van der Waals surface area contributed by atoms with E-state index in [2.05, 4.69) is 26.7 Å². The van der Waals surface area contributed by atoms with Crippen molar-refractivity contribution in [3.63, 3.8) is 0 Å². The molecule has 2 atom stereocenters. The van der Waals surface area contributed by atoms with Gasteiger partial charge >= 0.3 is 0 Å². The van der Waals surface area contributed by atoms with Crippen LogP contribution >= 0.6 is 24.0 Å². The summed E-state index contributed by atoms with van der Waals surface area (Å²) in [5.74, 6) is 0.867. The second-order valence-electron chi connectivity index (χ2n) is 9.46. The molecule has 0 saturated heterocycles. The molecular formula is C25H32Cl2N6O. The zero-order valence-electron chi connectivity index (χ0n) is 19.1. The standard InChI is InChI=1S/C25H31ClN6O.ClH/c26-21-14-29-25(32-23(21)20-13-28-22-7-2-1-6-19(20)22)31-18-5-3-4-17(12-18)30-24(33)15-8-10-16(27)11-9-15;/h1-2,6-7,13-18,28H,3-5,8-12,27H2,(H,30,33)(H,29,31,32);1H/t15-,16+,17-,18+;/m0./s1. The van der Waals surface area contributed by atoms with Crippen LogP contribution in [0.3, 0.4) is 0 Å². The molecule has 0 spiro atoms. The molecule has 182 valence electrons. The Labute approximate surface area is 211 Å². The van der Waals surface area contributed by atoms with E-state index in [0.717, 1.165) is 67.8 Å². The number of fused-ring (bicyclic) bond motifs is 1. The van der Waals surface area contributed by atoms with Gasteiger partial charge in [-0.1, -0.05) is 29.8 Å². The van der Waals surface area contributed by atoms with Crippen LogP contribution in [-0.2, 0) is 4.79 Å². The van der Waals surface area contributed by atoms with E-state index in [1.54, 1.807) is 6.20 Å². The largest absolute Gasteiger partial charge is 0.360 e. The SMILES string of the molecule is Cl.N[C@H]1CC[C@@H](C(=O)N[C@H]2CCC[C@@H](Nc3ncc(Cl)c(-c4c[nH]c5ccccc45)n3)C2)CC1. The molecule has 34 heavy (non-hydrogen) atoms. The first-order chi connectivity index (χ1) is 16.1. The number of benzene rings is 1. The van der Waals surface area contributed by atoms with Gasteiger partial charge in [0.05, 0.1) is 16.9 Å². The maximum Gasteiger partial charge on any atom is 0.223 e. The van der Waals surface area contributed by atoms with Crippen molar-refractivity contribution in [2.75, 3.05) is 5.32 Å². The van der Waals surface area contributed by atoms with Gasteiger partial charge in [-0.2, -0.15) is 0 Å². The molecule has 2 fully saturated rings. The lowest BCUT2D eigenvalue weighted by atomic mass is 9.85. The number of rotatable bonds is 5. The number of nitrogens with zero attached hydrogens (tertiary/aromatic N) is 2. The summed E-state index contributed by atoms with van der Waals surface area (Å²) in [6.45, 7) is 0. The molecule has 0 aliphatic heterocycles. The van der Waals surface area contributed by atoms with Crippen molar-refractivity contribution in [1.29, 1.82) is 0 Å². The fourth-order valence-corrected chi connectivity index (χ4v) is 5.42. The lowest BCUT2D eigenvalue weighted by Crippen LogP contribution is -2.45. The zero-order chi connectivity index (χ0) is 22.8. The van der Waals surface area contributed by atoms with Crippen LogP contribution in [0.15, 0.2) is 36.7 Å². The lowest BCUT2D eigenvalue weighted by Gasteiger charge is -2.32. The van der Waals surface area contributed by atoms with Crippen LogP contribution in [0, 0.1) is 5.92 Å². The maximum absolute atomic E-state index is 12.7. The summed E-state index contributed by atoms with van der Waals surface area (Å²) in [4.78, 5) is 25.2. The van der Waals surface area contributed by atoms with E-state index in [4.69, 9.17) is 22.3 Å². The Morgan fingerprint density at radius 3 is 2.68 bits per heavy atom. The number of aromatic nitrogens is 3. The Morgan fingerprint density at radius 1 is 1.09 bits per heavy atom. The van der Waals surface area contributed by atoms with Gasteiger partial charge in [0.25, 0.3) is 0 Å². The number of halogens is 2. The number of hydrogen-bond acceptors (Lipinski definition) is 5. The van der Waals surface area contributed by atoms with Gasteiger partial charge in [0.2, 0.25) is 11.9 Å². The number of nitrogens with two attached hydrogens (primary N) is 1. The van der Waals surface area contributed by atoms with E-state index in [1.807, 2.05) is 24.4 Å². The van der Waals surface area contributed by atoms with Crippen molar-refractivity contribution < 1.29 is 4.79 Å². The Hall–Kier alpha value is -2.35. The molecule has 1 aromatic carbocycles. The number of carbonyl (C=O) groups is 1. The minimum atomic E-state index is 0. The molecule has 2 aromatic heterocycles. The second kappa shape index (κ2) is 10.9. The molecule has 5 rings (SSSR count). The highest BCUT2D eigenvalue weighted by Crippen LogP contribution is 2.33. The van der Waals surface area contributed by atoms with Crippen molar-refractivity contribution in [1.82, 2.24) is 20.3 Å². The third-order valence-electron chi connectivity index (χ3n) is 7.08. The van der Waals surface area contributed by atoms with E-state index < -0.39 is 0 Å². The number of amides is 1. The number of anilines is 1. The summed E-state index contributed by atoms with van der Waals surface area (Å²) in [5.41, 5.74) is 8.70. The van der Waals surface area contributed by atoms with Gasteiger partial charge in [-0.15, -0.1) is 12.4 Å². The molecule has 3 aromatic rings. The van der Waals surface area contributed by atoms with Gasteiger partial charge in [0, 0.05) is 46.7 Å². The Kier molecular flexibility index (Phi) is 7.96. The summed E-state index contributed by atoms with van der Waals surface area (Å²) in [5, 5.41) is 8.38. The molecule has 0 unspecified atom stereocenters. The summed E-state index contributed by atoms with van der Waals surface area (Å²) in [6, 6.07) is 8.74. The molecule has 2 saturated carbocycles. The number of H-pyrrole nitrogens is 1. The van der Waals surface area contributed by atoms with Crippen molar-refractivity contribution in [3.05, 3.63) is 41.7 Å². The molecule has 7 nitrogen and oxygen atoms in total. The van der Waals surface area contributed by atoms with Crippen LogP contribution in [0.4, 0.5) is 5.95 Å². The highest BCUT2D eigenvalue weighted by Gasteiger charge is 2.29. The highest BCUT2D eigenvalue weighted by atomic mass is 35.5. The molecule has 2 aliphatic carbocycles. The van der Waals surface area contributed by atoms with Gasteiger partial charge in [0.15, 0.2) is 0 Å². The third kappa shape index (κ3) is 5.48. The Balaban J connectivity index is 0.00000274. The molecule has 2 heterocycles. The van der Waals surface area contributed by atoms with Crippen LogP contribution in [0.5, 0.6) is 0 Å². The van der Waals surface area contributed by atoms with Crippen molar-refractivity contribution >= 4 is 46.8 Å². The molecule has 0 bridgehead atoms. The van der Waals surface area contributed by atoms with Gasteiger partial charge in [-0.25, -0.2) is 9.97 Å². The summed E-state index contributed by atoms with van der Waals surface area (Å²) in [6.07, 6.45) is 11.2. The van der Waals surface area contributed by atoms with E-state index in [0.29, 0.717) is 16.7 Å². The van der Waals surface area contributed by atoms with E-state index >= 15 is 0 Å². The third-order valence-corrected chi connectivity index (χ3v) is 7.36. The first kappa shape index (κ1) is 24.8. The molecule has 0 radical (unpaired) electrons. The van der Waals surface area contributed by atoms with Crippen LogP contribution in [-0.4, -0.2) is 39.0 Å². The highest BCUT2D eigenvalue weighted by molar-refractivity contribution is 6.33. The quantitative estimate of drug-likeness (QED) is 0.389. The van der Waals surface area contributed by atoms with Crippen LogP contribution in [0.25, 0.3) is 22.2 Å². The number of para-hydroxylation sites is 1. The summed E-state index contributed by atoms with van der Waals surface area (Å²) in [7, 11) is 0. The van der Waals surface area contributed by atoms with Crippen LogP contribution in [0.2, 0.25) is 5.02 Å². The maximum atomic E-state index is 12.7. The van der Waals surface area contributed by atoms with Gasteiger partial charge in [-0.3, -0.25) is 4.79 Å². The number of carbonyl (C=O) groups excluding carboxylic acids is 1. The number of hydrogen-bond donors (Lipinski definition) is 4. The van der Waals surface area contributed by atoms with Crippen molar-refractivity contribution in [3.8, 4) is 11.3 Å². The zero-order valence-corrected chi connectivity index (χ0v) is 20.7. The fourth-order valence-electron chi connectivity index (χ4n) is 5.23. The molecule has 1 amide bonds. The Bertz CT molecular complexity index is 1130. The van der Waals surface area contributed by atoms with Crippen LogP contribution in [0.1, 0.15) is 51.4 Å². The van der Waals surface area contributed by atoms with E-state index in [9.17, 15) is 4.79 Å². The normalized spacial score (nSPS) is 24.9. The van der Waals surface area contributed by atoms with E-state index in [-0.39, 0.29) is 42.4 Å². The molecule has 2 aliphatic rings. The minimum Gasteiger partial charge on any atom is -0.360 e. The summed E-state index contributed by atoms with van der Waals surface area (Å²) >= 11 is 6.47. The molecule has 9 heteroatoms. The van der Waals surface area contributed by atoms with Gasteiger partial charge in [0.1, 0.15) is 0 Å². The first-order valence-corrected chi connectivity index (χ1v) is 12.4. The fraction of sp³-hybridized carbons (Fsp3) is 0.480. The topological polar surface area (TPSA) is 109 Å². The molecular weight excluding hydrogens is 471 g/mol.